The molecule has 0 aromatic carbocycles. The molecule has 7 nitrogen and oxygen atoms in total. The van der Waals surface area contributed by atoms with E-state index in [2.05, 4.69) is 10.3 Å². The van der Waals surface area contributed by atoms with Crippen molar-refractivity contribution in [2.24, 2.45) is 0 Å². The first kappa shape index (κ1) is 17.0. The molecule has 0 radical (unpaired) electrons. The Morgan fingerprint density at radius 2 is 2.22 bits per heavy atom. The minimum Gasteiger partial charge on any atom is -0.453 e. The molecule has 0 spiro atoms. The summed E-state index contributed by atoms with van der Waals surface area (Å²) < 4.78 is 12.3. The van der Waals surface area contributed by atoms with Gasteiger partial charge in [0.25, 0.3) is 11.5 Å². The van der Waals surface area contributed by atoms with Gasteiger partial charge >= 0.3 is 0 Å². The molecule has 23 heavy (non-hydrogen) atoms. The fourth-order valence-corrected chi connectivity index (χ4v) is 1.89. The van der Waals surface area contributed by atoms with E-state index in [1.165, 1.54) is 17.0 Å². The summed E-state index contributed by atoms with van der Waals surface area (Å²) in [6.07, 6.45) is 1.57. The van der Waals surface area contributed by atoms with E-state index >= 15 is 0 Å². The lowest BCUT2D eigenvalue weighted by Crippen LogP contribution is -2.30. The lowest BCUT2D eigenvalue weighted by Gasteiger charge is -2.06. The molecule has 2 aromatic rings. The van der Waals surface area contributed by atoms with Gasteiger partial charge in [-0.25, -0.2) is 4.98 Å². The van der Waals surface area contributed by atoms with Crippen molar-refractivity contribution in [2.45, 2.75) is 40.0 Å². The second kappa shape index (κ2) is 7.73. The van der Waals surface area contributed by atoms with Crippen LogP contribution in [-0.2, 0) is 17.9 Å². The summed E-state index contributed by atoms with van der Waals surface area (Å²) in [4.78, 5) is 27.7. The third kappa shape index (κ3) is 5.07. The Labute approximate surface area is 134 Å². The van der Waals surface area contributed by atoms with E-state index in [4.69, 9.17) is 9.15 Å². The van der Waals surface area contributed by atoms with Crippen LogP contribution in [0.2, 0.25) is 0 Å². The zero-order valence-electron chi connectivity index (χ0n) is 13.5. The number of carbonyl (C=O) groups excluding carboxylic acids is 1. The molecule has 0 fully saturated rings. The predicted molar refractivity (Wildman–Crippen MR) is 84.2 cm³/mol. The molecule has 2 heterocycles. The molecule has 2 rings (SSSR count). The largest absolute Gasteiger partial charge is 0.453 e. The summed E-state index contributed by atoms with van der Waals surface area (Å²) in [6.45, 7) is 6.60. The van der Waals surface area contributed by atoms with Gasteiger partial charge in [0.2, 0.25) is 0 Å². The summed E-state index contributed by atoms with van der Waals surface area (Å²) in [5.74, 6) is 0.499. The number of hydrogen-bond donors (Lipinski definition) is 1. The number of aromatic nitrogens is 2. The highest BCUT2D eigenvalue weighted by Crippen LogP contribution is 2.10. The number of ether oxygens (including phenoxy) is 1. The van der Waals surface area contributed by atoms with Crippen LogP contribution in [0.15, 0.2) is 33.7 Å². The van der Waals surface area contributed by atoms with Crippen LogP contribution >= 0.6 is 0 Å². The third-order valence-electron chi connectivity index (χ3n) is 3.10. The molecule has 0 atom stereocenters. The first-order valence-electron chi connectivity index (χ1n) is 7.47. The molecule has 1 amide bonds. The molecule has 2 aromatic heterocycles. The van der Waals surface area contributed by atoms with Crippen LogP contribution in [0, 0.1) is 6.92 Å². The van der Waals surface area contributed by atoms with Crippen molar-refractivity contribution in [1.29, 1.82) is 0 Å². The van der Waals surface area contributed by atoms with Crippen molar-refractivity contribution in [3.05, 3.63) is 52.1 Å². The number of hydrogen-bond acceptors (Lipinski definition) is 5. The van der Waals surface area contributed by atoms with Gasteiger partial charge in [-0.1, -0.05) is 0 Å². The van der Waals surface area contributed by atoms with Crippen LogP contribution in [-0.4, -0.2) is 28.1 Å². The van der Waals surface area contributed by atoms with E-state index in [1.807, 2.05) is 13.8 Å². The van der Waals surface area contributed by atoms with Crippen molar-refractivity contribution in [3.63, 3.8) is 0 Å². The molecule has 0 saturated heterocycles. The van der Waals surface area contributed by atoms with Gasteiger partial charge < -0.3 is 14.5 Å². The molecular formula is C16H21N3O4. The molecule has 0 unspecified atom stereocenters. The van der Waals surface area contributed by atoms with Crippen molar-refractivity contribution < 1.29 is 13.9 Å². The zero-order valence-corrected chi connectivity index (χ0v) is 13.5. The Hall–Kier alpha value is -2.41. The van der Waals surface area contributed by atoms with Gasteiger partial charge in [-0.3, -0.25) is 14.2 Å². The number of rotatable bonds is 7. The van der Waals surface area contributed by atoms with Crippen LogP contribution < -0.4 is 10.9 Å². The molecule has 0 saturated carbocycles. The number of nitrogens with one attached hydrogen (secondary N) is 1. The lowest BCUT2D eigenvalue weighted by molar-refractivity contribution is 0.0535. The summed E-state index contributed by atoms with van der Waals surface area (Å²) in [5.41, 5.74) is 0.528. The first-order valence-corrected chi connectivity index (χ1v) is 7.47. The Kier molecular flexibility index (Phi) is 5.70. The minimum absolute atomic E-state index is 0.0961. The second-order valence-electron chi connectivity index (χ2n) is 5.44. The Balaban J connectivity index is 1.84. The standard InChI is InChI=1S/C16H21N3O4/c1-11(2)22-9-13-4-5-14(23-13)16(21)17-6-7-19-10-18-12(3)8-15(19)20/h4-5,8,10-11H,6-7,9H2,1-3H3,(H,17,21). The number of nitrogens with zero attached hydrogens (tertiary/aromatic N) is 2. The average Bonchev–Trinajstić information content (AvgIpc) is 2.96. The maximum Gasteiger partial charge on any atom is 0.287 e. The molecular weight excluding hydrogens is 298 g/mol. The lowest BCUT2D eigenvalue weighted by atomic mass is 10.4. The highest BCUT2D eigenvalue weighted by atomic mass is 16.5. The summed E-state index contributed by atoms with van der Waals surface area (Å²) >= 11 is 0. The van der Waals surface area contributed by atoms with Crippen molar-refractivity contribution >= 4 is 5.91 Å². The molecule has 0 bridgehead atoms. The Morgan fingerprint density at radius 1 is 1.43 bits per heavy atom. The van der Waals surface area contributed by atoms with Crippen LogP contribution in [0.25, 0.3) is 0 Å². The second-order valence-corrected chi connectivity index (χ2v) is 5.44. The molecule has 0 aliphatic carbocycles. The van der Waals surface area contributed by atoms with Gasteiger partial charge in [0.15, 0.2) is 5.76 Å². The normalized spacial score (nSPS) is 11.0. The molecule has 124 valence electrons. The summed E-state index contributed by atoms with van der Waals surface area (Å²) in [7, 11) is 0. The monoisotopic (exact) mass is 319 g/mol. The molecule has 0 aliphatic rings. The van der Waals surface area contributed by atoms with Gasteiger partial charge in [0, 0.05) is 24.8 Å². The maximum atomic E-state index is 12.0. The van der Waals surface area contributed by atoms with Crippen LogP contribution in [0.1, 0.15) is 35.9 Å². The highest BCUT2D eigenvalue weighted by molar-refractivity contribution is 5.91. The maximum absolute atomic E-state index is 12.0. The van der Waals surface area contributed by atoms with Crippen LogP contribution in [0.5, 0.6) is 0 Å². The number of carbonyl (C=O) groups is 1. The van der Waals surface area contributed by atoms with Gasteiger partial charge in [-0.05, 0) is 32.9 Å². The van der Waals surface area contributed by atoms with E-state index < -0.39 is 0 Å². The third-order valence-corrected chi connectivity index (χ3v) is 3.10. The van der Waals surface area contributed by atoms with Crippen LogP contribution in [0.3, 0.4) is 0 Å². The number of aryl methyl sites for hydroxylation is 1. The van der Waals surface area contributed by atoms with Crippen molar-refractivity contribution in [3.8, 4) is 0 Å². The van der Waals surface area contributed by atoms with Gasteiger partial charge in [0.1, 0.15) is 12.4 Å². The van der Waals surface area contributed by atoms with E-state index in [-0.39, 0.29) is 23.3 Å². The highest BCUT2D eigenvalue weighted by Gasteiger charge is 2.11. The van der Waals surface area contributed by atoms with Crippen molar-refractivity contribution in [1.82, 2.24) is 14.9 Å². The molecule has 0 aliphatic heterocycles. The fourth-order valence-electron chi connectivity index (χ4n) is 1.89. The topological polar surface area (TPSA) is 86.4 Å². The SMILES string of the molecule is Cc1cc(=O)n(CCNC(=O)c2ccc(COC(C)C)o2)cn1. The number of amides is 1. The zero-order chi connectivity index (χ0) is 16.8. The van der Waals surface area contributed by atoms with Gasteiger partial charge in [0.05, 0.1) is 12.4 Å². The quantitative estimate of drug-likeness (QED) is 0.836. The van der Waals surface area contributed by atoms with Crippen molar-refractivity contribution in [2.75, 3.05) is 6.54 Å². The summed E-state index contributed by atoms with van der Waals surface area (Å²) in [6, 6.07) is 4.77. The van der Waals surface area contributed by atoms with E-state index in [0.717, 1.165) is 0 Å². The smallest absolute Gasteiger partial charge is 0.287 e. The van der Waals surface area contributed by atoms with Crippen LogP contribution in [0.4, 0.5) is 0 Å². The van der Waals surface area contributed by atoms with E-state index in [0.29, 0.717) is 31.2 Å². The first-order chi connectivity index (χ1) is 11.0. The minimum atomic E-state index is -0.325. The van der Waals surface area contributed by atoms with Gasteiger partial charge in [-0.15, -0.1) is 0 Å². The fraction of sp³-hybridized carbons (Fsp3) is 0.438. The van der Waals surface area contributed by atoms with E-state index in [1.54, 1.807) is 19.1 Å². The number of furan rings is 1. The Bertz CT molecular complexity index is 718. The molecule has 1 N–H and O–H groups in total. The molecule has 7 heteroatoms. The summed E-state index contributed by atoms with van der Waals surface area (Å²) in [5, 5.41) is 2.71. The Morgan fingerprint density at radius 3 is 2.91 bits per heavy atom. The predicted octanol–water partition coefficient (Wildman–Crippen LogP) is 1.50. The van der Waals surface area contributed by atoms with Gasteiger partial charge in [-0.2, -0.15) is 0 Å². The average molecular weight is 319 g/mol. The van der Waals surface area contributed by atoms with E-state index in [9.17, 15) is 9.59 Å².